The second-order valence-corrected chi connectivity index (χ2v) is 10.0. The Hall–Kier alpha value is -3.35. The molecule has 2 fully saturated rings. The Bertz CT molecular complexity index is 1080. The van der Waals surface area contributed by atoms with Crippen molar-refractivity contribution in [3.8, 4) is 11.1 Å². The van der Waals surface area contributed by atoms with Crippen LogP contribution >= 0.6 is 0 Å². The molecule has 1 heterocycles. The lowest BCUT2D eigenvalue weighted by molar-refractivity contribution is -0.157. The molecule has 2 aromatic rings. The summed E-state index contributed by atoms with van der Waals surface area (Å²) < 4.78 is 5.78. The SMILES string of the molecule is O=C(NC1(CCC(=O)N2CCC2C(=O)O)CCCCC1)OCC1c2ccccc2-c2ccccc21. The van der Waals surface area contributed by atoms with Crippen molar-refractivity contribution in [2.24, 2.45) is 0 Å². The molecule has 1 saturated heterocycles. The molecule has 7 heteroatoms. The molecule has 1 unspecified atom stereocenters. The van der Waals surface area contributed by atoms with Gasteiger partial charge in [0.2, 0.25) is 5.91 Å². The van der Waals surface area contributed by atoms with Crippen LogP contribution in [0.1, 0.15) is 68.4 Å². The summed E-state index contributed by atoms with van der Waals surface area (Å²) in [6.07, 6.45) is 5.46. The minimum absolute atomic E-state index is 0.00333. The fourth-order valence-corrected chi connectivity index (χ4v) is 5.95. The van der Waals surface area contributed by atoms with E-state index in [1.807, 2.05) is 24.3 Å². The molecule has 0 aromatic heterocycles. The number of carboxylic acids is 1. The second-order valence-electron chi connectivity index (χ2n) is 10.0. The molecule has 2 N–H and O–H groups in total. The maximum absolute atomic E-state index is 13.0. The highest BCUT2D eigenvalue weighted by molar-refractivity contribution is 5.85. The van der Waals surface area contributed by atoms with Crippen molar-refractivity contribution >= 4 is 18.0 Å². The molecule has 0 bridgehead atoms. The van der Waals surface area contributed by atoms with Gasteiger partial charge in [-0.2, -0.15) is 0 Å². The number of carboxylic acid groups (broad SMARTS) is 1. The largest absolute Gasteiger partial charge is 0.480 e. The molecular formula is C28H32N2O5. The predicted molar refractivity (Wildman–Crippen MR) is 131 cm³/mol. The molecule has 2 aromatic carbocycles. The topological polar surface area (TPSA) is 95.9 Å². The van der Waals surface area contributed by atoms with E-state index in [2.05, 4.69) is 29.6 Å². The van der Waals surface area contributed by atoms with Crippen LogP contribution in [0.3, 0.4) is 0 Å². The summed E-state index contributed by atoms with van der Waals surface area (Å²) in [6.45, 7) is 0.742. The number of ether oxygens (including phenoxy) is 1. The standard InChI is InChI=1S/C28H32N2O5/c31-25(30-17-13-24(30)26(32)33)12-16-28(14-6-1-7-15-28)29-27(34)35-18-23-21-10-4-2-8-19(21)20-9-3-5-11-22(20)23/h2-5,8-11,23-24H,1,6-7,12-18H2,(H,29,34)(H,32,33). The number of hydrogen-bond acceptors (Lipinski definition) is 4. The van der Waals surface area contributed by atoms with E-state index in [9.17, 15) is 19.5 Å². The normalized spacial score (nSPS) is 20.3. The molecule has 3 aliphatic rings. The minimum atomic E-state index is -0.950. The number of fused-ring (bicyclic) bond motifs is 3. The zero-order chi connectivity index (χ0) is 24.4. The van der Waals surface area contributed by atoms with Crippen LogP contribution in [-0.2, 0) is 14.3 Å². The molecule has 1 aliphatic heterocycles. The number of rotatable bonds is 7. The number of likely N-dealkylation sites (tertiary alicyclic amines) is 1. The van der Waals surface area contributed by atoms with Crippen LogP contribution in [0.5, 0.6) is 0 Å². The van der Waals surface area contributed by atoms with Crippen LogP contribution in [0.25, 0.3) is 11.1 Å². The maximum Gasteiger partial charge on any atom is 0.407 e. The summed E-state index contributed by atoms with van der Waals surface area (Å²) in [5.74, 6) is -1.10. The maximum atomic E-state index is 13.0. The van der Waals surface area contributed by atoms with Gasteiger partial charge in [-0.05, 0) is 47.9 Å². The molecule has 184 valence electrons. The Labute approximate surface area is 205 Å². The van der Waals surface area contributed by atoms with Gasteiger partial charge in [0.25, 0.3) is 0 Å². The van der Waals surface area contributed by atoms with Gasteiger partial charge in [-0.3, -0.25) is 4.79 Å². The summed E-state index contributed by atoms with van der Waals surface area (Å²) in [7, 11) is 0. The molecular weight excluding hydrogens is 444 g/mol. The summed E-state index contributed by atoms with van der Waals surface area (Å²) in [5, 5.41) is 12.4. The number of nitrogens with one attached hydrogen (secondary N) is 1. The fourth-order valence-electron chi connectivity index (χ4n) is 5.95. The lowest BCUT2D eigenvalue weighted by Crippen LogP contribution is -2.56. The number of hydrogen-bond donors (Lipinski definition) is 2. The van der Waals surface area contributed by atoms with Gasteiger partial charge in [-0.15, -0.1) is 0 Å². The molecule has 1 atom stereocenters. The number of carbonyl (C=O) groups excluding carboxylic acids is 2. The molecule has 35 heavy (non-hydrogen) atoms. The number of benzene rings is 2. The first-order valence-electron chi connectivity index (χ1n) is 12.6. The first kappa shape index (κ1) is 23.4. The third-order valence-electron chi connectivity index (χ3n) is 7.96. The van der Waals surface area contributed by atoms with Crippen molar-refractivity contribution in [3.05, 3.63) is 59.7 Å². The molecule has 0 spiro atoms. The summed E-state index contributed by atoms with van der Waals surface area (Å²) in [5.41, 5.74) is 4.22. The Balaban J connectivity index is 1.22. The van der Waals surface area contributed by atoms with E-state index in [1.165, 1.54) is 27.2 Å². The average molecular weight is 477 g/mol. The number of alkyl carbamates (subject to hydrolysis) is 1. The first-order valence-corrected chi connectivity index (χ1v) is 12.6. The van der Waals surface area contributed by atoms with Gasteiger partial charge in [0.1, 0.15) is 12.6 Å². The monoisotopic (exact) mass is 476 g/mol. The zero-order valence-corrected chi connectivity index (χ0v) is 19.9. The van der Waals surface area contributed by atoms with Gasteiger partial charge in [-0.25, -0.2) is 9.59 Å². The van der Waals surface area contributed by atoms with E-state index in [-0.39, 0.29) is 24.9 Å². The minimum Gasteiger partial charge on any atom is -0.480 e. The van der Waals surface area contributed by atoms with E-state index >= 15 is 0 Å². The van der Waals surface area contributed by atoms with Crippen molar-refractivity contribution in [1.29, 1.82) is 0 Å². The lowest BCUT2D eigenvalue weighted by atomic mass is 9.78. The van der Waals surface area contributed by atoms with Crippen LogP contribution < -0.4 is 5.32 Å². The third-order valence-corrected chi connectivity index (χ3v) is 7.96. The van der Waals surface area contributed by atoms with Gasteiger partial charge in [0.05, 0.1) is 0 Å². The van der Waals surface area contributed by atoms with Crippen molar-refractivity contribution in [3.63, 3.8) is 0 Å². The Morgan fingerprint density at radius 1 is 0.971 bits per heavy atom. The molecule has 2 aliphatic carbocycles. The summed E-state index contributed by atoms with van der Waals surface area (Å²) in [6, 6.07) is 15.8. The highest BCUT2D eigenvalue weighted by Gasteiger charge is 2.40. The quantitative estimate of drug-likeness (QED) is 0.604. The van der Waals surface area contributed by atoms with Crippen molar-refractivity contribution in [2.75, 3.05) is 13.2 Å². The molecule has 0 radical (unpaired) electrons. The highest BCUT2D eigenvalue weighted by Crippen LogP contribution is 2.44. The van der Waals surface area contributed by atoms with Gasteiger partial charge < -0.3 is 20.1 Å². The smallest absolute Gasteiger partial charge is 0.407 e. The molecule has 1 saturated carbocycles. The Morgan fingerprint density at radius 2 is 1.60 bits per heavy atom. The third kappa shape index (κ3) is 4.64. The van der Waals surface area contributed by atoms with Crippen LogP contribution in [0.2, 0.25) is 0 Å². The number of aliphatic carboxylic acids is 1. The van der Waals surface area contributed by atoms with E-state index in [0.717, 1.165) is 32.1 Å². The first-order chi connectivity index (χ1) is 17.0. The molecule has 2 amide bonds. The van der Waals surface area contributed by atoms with Crippen LogP contribution in [-0.4, -0.2) is 52.7 Å². The Morgan fingerprint density at radius 3 is 2.17 bits per heavy atom. The van der Waals surface area contributed by atoms with E-state index in [4.69, 9.17) is 4.74 Å². The van der Waals surface area contributed by atoms with Gasteiger partial charge in [0.15, 0.2) is 0 Å². The van der Waals surface area contributed by atoms with E-state index < -0.39 is 23.6 Å². The van der Waals surface area contributed by atoms with Crippen molar-refractivity contribution in [1.82, 2.24) is 10.2 Å². The highest BCUT2D eigenvalue weighted by atomic mass is 16.5. The van der Waals surface area contributed by atoms with Crippen LogP contribution in [0.4, 0.5) is 4.79 Å². The zero-order valence-electron chi connectivity index (χ0n) is 19.9. The van der Waals surface area contributed by atoms with Crippen LogP contribution in [0, 0.1) is 0 Å². The van der Waals surface area contributed by atoms with E-state index in [1.54, 1.807) is 0 Å². The number of amides is 2. The van der Waals surface area contributed by atoms with Crippen molar-refractivity contribution < 1.29 is 24.2 Å². The fraction of sp³-hybridized carbons (Fsp3) is 0.464. The Kier molecular flexibility index (Phi) is 6.50. The average Bonchev–Trinajstić information content (AvgIpc) is 3.15. The number of nitrogens with zero attached hydrogens (tertiary/aromatic N) is 1. The molecule has 7 nitrogen and oxygen atoms in total. The molecule has 5 rings (SSSR count). The van der Waals surface area contributed by atoms with E-state index in [0.29, 0.717) is 19.4 Å². The lowest BCUT2D eigenvalue weighted by Gasteiger charge is -2.41. The van der Waals surface area contributed by atoms with Gasteiger partial charge in [0, 0.05) is 24.4 Å². The summed E-state index contributed by atoms with van der Waals surface area (Å²) in [4.78, 5) is 38.4. The predicted octanol–water partition coefficient (Wildman–Crippen LogP) is 4.69. The van der Waals surface area contributed by atoms with Crippen molar-refractivity contribution in [2.45, 2.75) is 68.9 Å². The van der Waals surface area contributed by atoms with Gasteiger partial charge in [-0.1, -0.05) is 67.8 Å². The number of carbonyl (C=O) groups is 3. The van der Waals surface area contributed by atoms with Gasteiger partial charge >= 0.3 is 12.1 Å². The summed E-state index contributed by atoms with van der Waals surface area (Å²) >= 11 is 0. The van der Waals surface area contributed by atoms with Crippen LogP contribution in [0.15, 0.2) is 48.5 Å². The second kappa shape index (κ2) is 9.72.